The highest BCUT2D eigenvalue weighted by Gasteiger charge is 2.26. The zero-order valence-electron chi connectivity index (χ0n) is 19.2. The van der Waals surface area contributed by atoms with Gasteiger partial charge in [-0.15, -0.1) is 0 Å². The van der Waals surface area contributed by atoms with Gasteiger partial charge in [0.15, 0.2) is 5.78 Å². The summed E-state index contributed by atoms with van der Waals surface area (Å²) in [4.78, 5) is 15.8. The van der Waals surface area contributed by atoms with Crippen molar-refractivity contribution in [2.24, 2.45) is 11.7 Å². The number of hydrogen-bond donors (Lipinski definition) is 1. The second-order valence-corrected chi connectivity index (χ2v) is 8.80. The Hall–Kier alpha value is -3.17. The van der Waals surface area contributed by atoms with Crippen molar-refractivity contribution in [1.82, 2.24) is 4.90 Å². The van der Waals surface area contributed by atoms with E-state index < -0.39 is 0 Å². The van der Waals surface area contributed by atoms with Crippen LogP contribution in [0.1, 0.15) is 37.0 Å². The van der Waals surface area contributed by atoms with Crippen LogP contribution in [0, 0.1) is 5.92 Å². The van der Waals surface area contributed by atoms with Crippen molar-refractivity contribution in [3.63, 3.8) is 0 Å². The van der Waals surface area contributed by atoms with Gasteiger partial charge in [0.1, 0.15) is 0 Å². The molecule has 3 heteroatoms. The van der Waals surface area contributed by atoms with Crippen LogP contribution in [0.15, 0.2) is 103 Å². The number of rotatable bonds is 11. The van der Waals surface area contributed by atoms with Gasteiger partial charge in [-0.3, -0.25) is 9.69 Å². The van der Waals surface area contributed by atoms with E-state index in [1.165, 1.54) is 11.1 Å². The molecule has 0 amide bonds. The molecule has 0 unspecified atom stereocenters. The van der Waals surface area contributed by atoms with Crippen LogP contribution < -0.4 is 5.73 Å². The summed E-state index contributed by atoms with van der Waals surface area (Å²) < 4.78 is 0. The molecule has 0 bridgehead atoms. The molecule has 0 aromatic heterocycles. The van der Waals surface area contributed by atoms with Gasteiger partial charge in [0.2, 0.25) is 0 Å². The minimum absolute atomic E-state index is 0.0684. The molecule has 1 atom stereocenters. The van der Waals surface area contributed by atoms with Crippen LogP contribution in [0.5, 0.6) is 0 Å². The second kappa shape index (κ2) is 12.0. The monoisotopic (exact) mass is 426 g/mol. The van der Waals surface area contributed by atoms with Crippen molar-refractivity contribution in [2.45, 2.75) is 45.8 Å². The summed E-state index contributed by atoms with van der Waals surface area (Å²) in [7, 11) is 0. The SMILES string of the molecule is CC(C)C/C(N)=C/C(=O)[C@H](Cc1ccccc1)N(Cc1ccccc1)Cc1ccccc1. The van der Waals surface area contributed by atoms with Crippen LogP contribution in [0.2, 0.25) is 0 Å². The molecule has 0 aliphatic rings. The van der Waals surface area contributed by atoms with E-state index in [9.17, 15) is 4.79 Å². The third kappa shape index (κ3) is 7.51. The summed E-state index contributed by atoms with van der Waals surface area (Å²) in [6, 6.07) is 30.6. The van der Waals surface area contributed by atoms with Gasteiger partial charge >= 0.3 is 0 Å². The van der Waals surface area contributed by atoms with Gasteiger partial charge in [-0.2, -0.15) is 0 Å². The predicted molar refractivity (Wildman–Crippen MR) is 133 cm³/mol. The Morgan fingerprint density at radius 1 is 0.781 bits per heavy atom. The number of carbonyl (C=O) groups excluding carboxylic acids is 1. The molecular weight excluding hydrogens is 392 g/mol. The summed E-state index contributed by atoms with van der Waals surface area (Å²) in [5.74, 6) is 0.482. The molecule has 0 radical (unpaired) electrons. The number of hydrogen-bond acceptors (Lipinski definition) is 3. The standard InChI is InChI=1S/C29H34N2O/c1-23(2)18-27(30)20-29(32)28(19-24-12-6-3-7-13-24)31(21-25-14-8-4-9-15-25)22-26-16-10-5-11-17-26/h3-17,20,23,28H,18-19,21-22,30H2,1-2H3/b27-20-/t28-/m0/s1. The number of allylic oxidation sites excluding steroid dienone is 1. The van der Waals surface area contributed by atoms with Gasteiger partial charge in [-0.25, -0.2) is 0 Å². The van der Waals surface area contributed by atoms with E-state index >= 15 is 0 Å². The predicted octanol–water partition coefficient (Wildman–Crippen LogP) is 5.76. The van der Waals surface area contributed by atoms with Gasteiger partial charge in [-0.1, -0.05) is 105 Å². The molecule has 166 valence electrons. The lowest BCUT2D eigenvalue weighted by molar-refractivity contribution is -0.120. The fraction of sp³-hybridized carbons (Fsp3) is 0.276. The van der Waals surface area contributed by atoms with Crippen LogP contribution >= 0.6 is 0 Å². The number of ketones is 1. The van der Waals surface area contributed by atoms with E-state index in [2.05, 4.69) is 55.1 Å². The Balaban J connectivity index is 1.95. The van der Waals surface area contributed by atoms with E-state index in [1.54, 1.807) is 6.08 Å². The van der Waals surface area contributed by atoms with E-state index in [1.807, 2.05) is 54.6 Å². The molecule has 0 saturated heterocycles. The Labute approximate surface area is 192 Å². The smallest absolute Gasteiger partial charge is 0.174 e. The van der Waals surface area contributed by atoms with Gasteiger partial charge in [0, 0.05) is 24.9 Å². The average Bonchev–Trinajstić information content (AvgIpc) is 2.78. The quantitative estimate of drug-likeness (QED) is 0.397. The van der Waals surface area contributed by atoms with Crippen molar-refractivity contribution in [2.75, 3.05) is 0 Å². The first-order chi connectivity index (χ1) is 15.5. The molecule has 3 nitrogen and oxygen atoms in total. The van der Waals surface area contributed by atoms with Crippen molar-refractivity contribution < 1.29 is 4.79 Å². The first kappa shape index (κ1) is 23.5. The normalized spacial score (nSPS) is 12.8. The second-order valence-electron chi connectivity index (χ2n) is 8.80. The van der Waals surface area contributed by atoms with Crippen molar-refractivity contribution in [1.29, 1.82) is 0 Å². The molecule has 0 spiro atoms. The molecule has 2 N–H and O–H groups in total. The highest BCUT2D eigenvalue weighted by atomic mass is 16.1. The molecule has 3 aromatic rings. The summed E-state index contributed by atoms with van der Waals surface area (Å²) in [5.41, 5.74) is 10.4. The lowest BCUT2D eigenvalue weighted by Crippen LogP contribution is -2.41. The minimum atomic E-state index is -0.302. The largest absolute Gasteiger partial charge is 0.402 e. The van der Waals surface area contributed by atoms with E-state index in [4.69, 9.17) is 5.73 Å². The zero-order chi connectivity index (χ0) is 22.8. The number of carbonyl (C=O) groups is 1. The first-order valence-corrected chi connectivity index (χ1v) is 11.4. The molecule has 0 fully saturated rings. The van der Waals surface area contributed by atoms with Gasteiger partial charge < -0.3 is 5.73 Å². The highest BCUT2D eigenvalue weighted by Crippen LogP contribution is 2.19. The molecule has 0 aliphatic carbocycles. The highest BCUT2D eigenvalue weighted by molar-refractivity contribution is 5.95. The van der Waals surface area contributed by atoms with Crippen LogP contribution in [0.25, 0.3) is 0 Å². The van der Waals surface area contributed by atoms with Crippen LogP contribution in [-0.2, 0) is 24.3 Å². The van der Waals surface area contributed by atoms with Crippen LogP contribution in [-0.4, -0.2) is 16.7 Å². The summed E-state index contributed by atoms with van der Waals surface area (Å²) in [6.45, 7) is 5.61. The summed E-state index contributed by atoms with van der Waals surface area (Å²) in [5, 5.41) is 0. The number of benzene rings is 3. The first-order valence-electron chi connectivity index (χ1n) is 11.4. The zero-order valence-corrected chi connectivity index (χ0v) is 19.2. The Morgan fingerprint density at radius 3 is 1.66 bits per heavy atom. The summed E-state index contributed by atoms with van der Waals surface area (Å²) in [6.07, 6.45) is 3.03. The molecule has 3 rings (SSSR count). The topological polar surface area (TPSA) is 46.3 Å². The Kier molecular flexibility index (Phi) is 8.82. The summed E-state index contributed by atoms with van der Waals surface area (Å²) >= 11 is 0. The van der Waals surface area contributed by atoms with Crippen molar-refractivity contribution in [3.05, 3.63) is 119 Å². The Bertz CT molecular complexity index is 940. The Morgan fingerprint density at radius 2 is 1.22 bits per heavy atom. The maximum absolute atomic E-state index is 13.6. The van der Waals surface area contributed by atoms with Crippen LogP contribution in [0.3, 0.4) is 0 Å². The van der Waals surface area contributed by atoms with Crippen molar-refractivity contribution in [3.8, 4) is 0 Å². The van der Waals surface area contributed by atoms with Crippen LogP contribution in [0.4, 0.5) is 0 Å². The fourth-order valence-corrected chi connectivity index (χ4v) is 3.97. The molecule has 0 heterocycles. The minimum Gasteiger partial charge on any atom is -0.402 e. The van der Waals surface area contributed by atoms with Gasteiger partial charge in [-0.05, 0) is 35.4 Å². The van der Waals surface area contributed by atoms with Gasteiger partial charge in [0.25, 0.3) is 0 Å². The number of nitrogens with two attached hydrogens (primary N) is 1. The van der Waals surface area contributed by atoms with E-state index in [0.29, 0.717) is 31.1 Å². The third-order valence-corrected chi connectivity index (χ3v) is 5.47. The molecular formula is C29H34N2O. The van der Waals surface area contributed by atoms with Crippen molar-refractivity contribution >= 4 is 5.78 Å². The lowest BCUT2D eigenvalue weighted by atomic mass is 9.97. The molecule has 0 aliphatic heterocycles. The fourth-order valence-electron chi connectivity index (χ4n) is 3.97. The maximum Gasteiger partial charge on any atom is 0.174 e. The van der Waals surface area contributed by atoms with E-state index in [-0.39, 0.29) is 11.8 Å². The number of nitrogens with zero attached hydrogens (tertiary/aromatic N) is 1. The molecule has 0 saturated carbocycles. The molecule has 32 heavy (non-hydrogen) atoms. The van der Waals surface area contributed by atoms with Gasteiger partial charge in [0.05, 0.1) is 6.04 Å². The third-order valence-electron chi connectivity index (χ3n) is 5.47. The molecule has 3 aromatic carbocycles. The van der Waals surface area contributed by atoms with E-state index in [0.717, 1.165) is 12.0 Å². The average molecular weight is 427 g/mol. The maximum atomic E-state index is 13.6. The lowest BCUT2D eigenvalue weighted by Gasteiger charge is -2.31.